The lowest BCUT2D eigenvalue weighted by Gasteiger charge is -2.32. The lowest BCUT2D eigenvalue weighted by molar-refractivity contribution is 0.289. The number of nitrogens with zero attached hydrogens (tertiary/aromatic N) is 4. The van der Waals surface area contributed by atoms with Gasteiger partial charge in [0.25, 0.3) is 0 Å². The molecule has 0 spiro atoms. The Kier molecular flexibility index (Phi) is 6.30. The van der Waals surface area contributed by atoms with Crippen molar-refractivity contribution in [1.82, 2.24) is 15.0 Å². The van der Waals surface area contributed by atoms with E-state index in [1.54, 1.807) is 0 Å². The van der Waals surface area contributed by atoms with E-state index in [1.165, 1.54) is 25.7 Å². The number of aryl methyl sites for hydroxylation is 1. The van der Waals surface area contributed by atoms with Crippen molar-refractivity contribution >= 4 is 16.8 Å². The molecule has 6 heteroatoms. The van der Waals surface area contributed by atoms with E-state index in [2.05, 4.69) is 58.3 Å². The van der Waals surface area contributed by atoms with Gasteiger partial charge in [-0.2, -0.15) is 0 Å². The topological polar surface area (TPSA) is 54.6 Å². The van der Waals surface area contributed by atoms with Gasteiger partial charge in [-0.25, -0.2) is 4.98 Å². The maximum atomic E-state index is 6.16. The number of benzene rings is 1. The normalized spacial score (nSPS) is 17.4. The molecule has 2 aromatic heterocycles. The van der Waals surface area contributed by atoms with Crippen LogP contribution < -0.4 is 9.64 Å². The van der Waals surface area contributed by atoms with Gasteiger partial charge in [-0.1, -0.05) is 11.2 Å². The van der Waals surface area contributed by atoms with Gasteiger partial charge in [0.15, 0.2) is 5.58 Å². The summed E-state index contributed by atoms with van der Waals surface area (Å²) < 4.78 is 12.0. The molecule has 170 valence electrons. The van der Waals surface area contributed by atoms with Crippen molar-refractivity contribution in [2.24, 2.45) is 11.8 Å². The van der Waals surface area contributed by atoms with Gasteiger partial charge in [0.05, 0.1) is 17.9 Å². The highest BCUT2D eigenvalue weighted by Gasteiger charge is 2.25. The lowest BCUT2D eigenvalue weighted by Crippen LogP contribution is -2.34. The number of hydrogen-bond donors (Lipinski definition) is 0. The van der Waals surface area contributed by atoms with E-state index < -0.39 is 0 Å². The molecule has 0 N–H and O–H groups in total. The summed E-state index contributed by atoms with van der Waals surface area (Å²) in [7, 11) is 4.16. The monoisotopic (exact) mass is 434 g/mol. The average molecular weight is 435 g/mol. The van der Waals surface area contributed by atoms with Crippen molar-refractivity contribution in [1.29, 1.82) is 0 Å². The molecular formula is C26H34N4O2. The van der Waals surface area contributed by atoms with Crippen LogP contribution in [0.4, 0.5) is 5.82 Å². The van der Waals surface area contributed by atoms with Crippen LogP contribution in [0.3, 0.4) is 0 Å². The Bertz CT molecular complexity index is 1020. The summed E-state index contributed by atoms with van der Waals surface area (Å²) in [6.45, 7) is 3.76. The summed E-state index contributed by atoms with van der Waals surface area (Å²) in [6.07, 6.45) is 8.99. The smallest absolute Gasteiger partial charge is 0.175 e. The van der Waals surface area contributed by atoms with Crippen LogP contribution in [0, 0.1) is 11.8 Å². The Labute approximate surface area is 190 Å². The van der Waals surface area contributed by atoms with Gasteiger partial charge < -0.3 is 19.1 Å². The number of hydrogen-bond acceptors (Lipinski definition) is 6. The highest BCUT2D eigenvalue weighted by molar-refractivity contribution is 5.84. The second-order valence-electron chi connectivity index (χ2n) is 9.70. The highest BCUT2D eigenvalue weighted by Crippen LogP contribution is 2.35. The molecule has 2 aliphatic rings. The minimum atomic E-state index is 0.726. The molecule has 0 amide bonds. The number of piperidine rings is 1. The number of anilines is 1. The molecule has 0 radical (unpaired) electrons. The molecule has 1 aliphatic heterocycles. The van der Waals surface area contributed by atoms with E-state index in [4.69, 9.17) is 9.26 Å². The van der Waals surface area contributed by atoms with Gasteiger partial charge >= 0.3 is 0 Å². The summed E-state index contributed by atoms with van der Waals surface area (Å²) in [5.41, 5.74) is 3.10. The highest BCUT2D eigenvalue weighted by atomic mass is 16.5. The molecule has 0 atom stereocenters. The minimum Gasteiger partial charge on any atom is -0.493 e. The number of ether oxygens (including phenoxy) is 1. The van der Waals surface area contributed by atoms with Crippen LogP contribution in [0.5, 0.6) is 5.75 Å². The summed E-state index contributed by atoms with van der Waals surface area (Å²) in [5, 5.41) is 5.63. The Morgan fingerprint density at radius 1 is 1.06 bits per heavy atom. The largest absolute Gasteiger partial charge is 0.493 e. The zero-order valence-electron chi connectivity index (χ0n) is 19.3. The molecule has 32 heavy (non-hydrogen) atoms. The summed E-state index contributed by atoms with van der Waals surface area (Å²) >= 11 is 0. The standard InChI is InChI=1S/C26H34N4O2/c1-29(2)17-22-24(31-18-20-6-7-20)11-9-21-23(28-32-26(21)22)10-8-19-12-15-30(16-13-19)25-5-3-4-14-27-25/h3-5,9,11,14,19-20H,6-8,10,12-13,15-18H2,1-2H3. The molecule has 1 saturated heterocycles. The second-order valence-corrected chi connectivity index (χ2v) is 9.70. The van der Waals surface area contributed by atoms with Crippen LogP contribution in [0.25, 0.3) is 11.0 Å². The molecule has 1 aromatic carbocycles. The number of rotatable bonds is 9. The van der Waals surface area contributed by atoms with E-state index in [9.17, 15) is 0 Å². The Balaban J connectivity index is 1.24. The van der Waals surface area contributed by atoms with Gasteiger partial charge in [0.2, 0.25) is 0 Å². The fourth-order valence-electron chi connectivity index (χ4n) is 4.70. The minimum absolute atomic E-state index is 0.726. The van der Waals surface area contributed by atoms with Gasteiger partial charge in [0, 0.05) is 31.2 Å². The van der Waals surface area contributed by atoms with Crippen molar-refractivity contribution in [2.75, 3.05) is 38.7 Å². The molecule has 0 bridgehead atoms. The molecule has 1 aliphatic carbocycles. The van der Waals surface area contributed by atoms with Gasteiger partial charge in [0.1, 0.15) is 11.6 Å². The van der Waals surface area contributed by atoms with E-state index in [0.717, 1.165) is 84.7 Å². The van der Waals surface area contributed by atoms with Gasteiger partial charge in [-0.15, -0.1) is 0 Å². The van der Waals surface area contributed by atoms with E-state index >= 15 is 0 Å². The molecule has 2 fully saturated rings. The first-order valence-corrected chi connectivity index (χ1v) is 12.0. The third-order valence-electron chi connectivity index (χ3n) is 6.80. The number of pyridine rings is 1. The predicted molar refractivity (Wildman–Crippen MR) is 127 cm³/mol. The third kappa shape index (κ3) is 4.90. The van der Waals surface area contributed by atoms with E-state index in [1.807, 2.05) is 12.3 Å². The van der Waals surface area contributed by atoms with Crippen LogP contribution in [-0.2, 0) is 13.0 Å². The van der Waals surface area contributed by atoms with Crippen molar-refractivity contribution in [3.05, 3.63) is 47.8 Å². The molecule has 5 rings (SSSR count). The van der Waals surface area contributed by atoms with Crippen LogP contribution >= 0.6 is 0 Å². The van der Waals surface area contributed by atoms with Crippen LogP contribution in [0.1, 0.15) is 43.4 Å². The van der Waals surface area contributed by atoms with Gasteiger partial charge in [-0.05, 0) is 88.7 Å². The van der Waals surface area contributed by atoms with Gasteiger partial charge in [-0.3, -0.25) is 0 Å². The average Bonchev–Trinajstić information content (AvgIpc) is 3.55. The molecule has 0 unspecified atom stereocenters. The quantitative estimate of drug-likeness (QED) is 0.476. The predicted octanol–water partition coefficient (Wildman–Crippen LogP) is 4.92. The van der Waals surface area contributed by atoms with Crippen molar-refractivity contribution in [2.45, 2.75) is 45.1 Å². The summed E-state index contributed by atoms with van der Waals surface area (Å²) in [5.74, 6) is 3.50. The fourth-order valence-corrected chi connectivity index (χ4v) is 4.70. The molecule has 3 aromatic rings. The second kappa shape index (κ2) is 9.49. The zero-order chi connectivity index (χ0) is 21.9. The van der Waals surface area contributed by atoms with E-state index in [0.29, 0.717) is 0 Å². The molecular weight excluding hydrogens is 400 g/mol. The molecule has 3 heterocycles. The maximum Gasteiger partial charge on any atom is 0.175 e. The summed E-state index contributed by atoms with van der Waals surface area (Å²) in [6, 6.07) is 10.4. The van der Waals surface area contributed by atoms with Crippen molar-refractivity contribution < 1.29 is 9.26 Å². The SMILES string of the molecule is CN(C)Cc1c(OCC2CC2)ccc2c(CCC3CCN(c4ccccn4)CC3)noc12. The number of fused-ring (bicyclic) bond motifs is 1. The van der Waals surface area contributed by atoms with Crippen molar-refractivity contribution in [3.8, 4) is 5.75 Å². The first kappa shape index (κ1) is 21.3. The fraction of sp³-hybridized carbons (Fsp3) is 0.538. The van der Waals surface area contributed by atoms with Crippen LogP contribution in [0.15, 0.2) is 41.1 Å². The Hall–Kier alpha value is -2.60. The third-order valence-corrected chi connectivity index (χ3v) is 6.80. The first-order chi connectivity index (χ1) is 15.7. The van der Waals surface area contributed by atoms with Crippen molar-refractivity contribution in [3.63, 3.8) is 0 Å². The summed E-state index contributed by atoms with van der Waals surface area (Å²) in [4.78, 5) is 9.06. The lowest BCUT2D eigenvalue weighted by atomic mass is 9.91. The zero-order valence-corrected chi connectivity index (χ0v) is 19.3. The first-order valence-electron chi connectivity index (χ1n) is 12.0. The molecule has 1 saturated carbocycles. The van der Waals surface area contributed by atoms with Crippen LogP contribution in [0.2, 0.25) is 0 Å². The Morgan fingerprint density at radius 3 is 2.62 bits per heavy atom. The van der Waals surface area contributed by atoms with Crippen LogP contribution in [-0.4, -0.2) is 48.8 Å². The Morgan fingerprint density at radius 2 is 1.91 bits per heavy atom. The molecule has 6 nitrogen and oxygen atoms in total. The maximum absolute atomic E-state index is 6.16. The van der Waals surface area contributed by atoms with E-state index in [-0.39, 0.29) is 0 Å². The number of aromatic nitrogens is 2.